The zero-order valence-corrected chi connectivity index (χ0v) is 9.68. The zero-order valence-electron chi connectivity index (χ0n) is 9.68. The van der Waals surface area contributed by atoms with Crippen LogP contribution >= 0.6 is 0 Å². The molecule has 0 atom stereocenters. The van der Waals surface area contributed by atoms with Crippen molar-refractivity contribution in [2.75, 3.05) is 13.6 Å². The van der Waals surface area contributed by atoms with Crippen LogP contribution in [0.2, 0.25) is 0 Å². The summed E-state index contributed by atoms with van der Waals surface area (Å²) in [7, 11) is 1.56. The Morgan fingerprint density at radius 2 is 2.06 bits per heavy atom. The number of nitrogens with one attached hydrogen (secondary N) is 3. The van der Waals surface area contributed by atoms with Crippen molar-refractivity contribution in [2.45, 2.75) is 20.3 Å². The van der Waals surface area contributed by atoms with Gasteiger partial charge in [-0.2, -0.15) is 5.10 Å². The van der Waals surface area contributed by atoms with Gasteiger partial charge in [0, 0.05) is 25.7 Å². The van der Waals surface area contributed by atoms with Crippen molar-refractivity contribution in [2.24, 2.45) is 0 Å². The molecule has 0 aromatic carbocycles. The number of nitrogens with zero attached hydrogens (tertiary/aromatic N) is 1. The average molecular weight is 224 g/mol. The minimum atomic E-state index is -0.201. The third-order valence-corrected chi connectivity index (χ3v) is 2.27. The van der Waals surface area contributed by atoms with Crippen LogP contribution in [0.15, 0.2) is 0 Å². The summed E-state index contributed by atoms with van der Waals surface area (Å²) in [5, 5.41) is 11.8. The average Bonchev–Trinajstić information content (AvgIpc) is 2.58. The molecule has 0 radical (unpaired) electrons. The minimum Gasteiger partial charge on any atom is -0.359 e. The van der Waals surface area contributed by atoms with Gasteiger partial charge in [-0.15, -0.1) is 0 Å². The van der Waals surface area contributed by atoms with E-state index in [4.69, 9.17) is 0 Å². The first-order chi connectivity index (χ1) is 7.56. The molecule has 0 saturated carbocycles. The van der Waals surface area contributed by atoms with Crippen molar-refractivity contribution in [3.05, 3.63) is 17.0 Å². The summed E-state index contributed by atoms with van der Waals surface area (Å²) in [4.78, 5) is 22.6. The molecule has 0 aliphatic carbocycles. The molecule has 0 unspecified atom stereocenters. The van der Waals surface area contributed by atoms with E-state index in [1.807, 2.05) is 0 Å². The molecule has 6 nitrogen and oxygen atoms in total. The van der Waals surface area contributed by atoms with E-state index in [9.17, 15) is 9.59 Å². The Labute approximate surface area is 93.8 Å². The van der Waals surface area contributed by atoms with E-state index >= 15 is 0 Å². The first-order valence-corrected chi connectivity index (χ1v) is 5.06. The second kappa shape index (κ2) is 5.29. The standard InChI is InChI=1S/C10H16N4O2/c1-6-9(7(2)14-13-6)10(16)12-5-4-8(15)11-3/h4-5H2,1-3H3,(H,11,15)(H,12,16)(H,13,14). The lowest BCUT2D eigenvalue weighted by molar-refractivity contribution is -0.120. The van der Waals surface area contributed by atoms with Gasteiger partial charge in [0.25, 0.3) is 5.91 Å². The number of hydrogen-bond acceptors (Lipinski definition) is 3. The summed E-state index contributed by atoms with van der Waals surface area (Å²) in [6.07, 6.45) is 0.276. The molecule has 1 aromatic rings. The smallest absolute Gasteiger partial charge is 0.255 e. The molecule has 0 aliphatic heterocycles. The Morgan fingerprint density at radius 3 is 2.56 bits per heavy atom. The van der Waals surface area contributed by atoms with Gasteiger partial charge in [-0.25, -0.2) is 0 Å². The normalized spacial score (nSPS) is 9.94. The third-order valence-electron chi connectivity index (χ3n) is 2.27. The highest BCUT2D eigenvalue weighted by atomic mass is 16.2. The first kappa shape index (κ1) is 12.2. The van der Waals surface area contributed by atoms with Crippen LogP contribution in [-0.4, -0.2) is 35.6 Å². The number of carbonyl (C=O) groups is 2. The highest BCUT2D eigenvalue weighted by molar-refractivity contribution is 5.96. The molecule has 0 saturated heterocycles. The maximum atomic E-state index is 11.7. The monoisotopic (exact) mass is 224 g/mol. The van der Waals surface area contributed by atoms with Crippen molar-refractivity contribution in [1.29, 1.82) is 0 Å². The van der Waals surface area contributed by atoms with Gasteiger partial charge in [-0.3, -0.25) is 14.7 Å². The Morgan fingerprint density at radius 1 is 1.38 bits per heavy atom. The molecular weight excluding hydrogens is 208 g/mol. The van der Waals surface area contributed by atoms with E-state index in [1.54, 1.807) is 20.9 Å². The third kappa shape index (κ3) is 2.82. The maximum absolute atomic E-state index is 11.7. The van der Waals surface area contributed by atoms with E-state index in [1.165, 1.54) is 0 Å². The van der Waals surface area contributed by atoms with E-state index in [0.717, 1.165) is 5.69 Å². The molecule has 3 N–H and O–H groups in total. The van der Waals surface area contributed by atoms with Crippen LogP contribution in [0.3, 0.4) is 0 Å². The Bertz CT molecular complexity index is 378. The Hall–Kier alpha value is -1.85. The van der Waals surface area contributed by atoms with Gasteiger partial charge in [0.15, 0.2) is 0 Å². The summed E-state index contributed by atoms with van der Waals surface area (Å²) in [5.41, 5.74) is 1.95. The minimum absolute atomic E-state index is 0.0964. The Balaban J connectivity index is 2.50. The predicted octanol–water partition coefficient (Wildman–Crippen LogP) is -0.108. The number of amides is 2. The van der Waals surface area contributed by atoms with Crippen LogP contribution in [0.4, 0.5) is 0 Å². The maximum Gasteiger partial charge on any atom is 0.255 e. The molecule has 16 heavy (non-hydrogen) atoms. The SMILES string of the molecule is CNC(=O)CCNC(=O)c1c(C)n[nH]c1C. The summed E-state index contributed by atoms with van der Waals surface area (Å²) in [6, 6.07) is 0. The molecule has 88 valence electrons. The largest absolute Gasteiger partial charge is 0.359 e. The first-order valence-electron chi connectivity index (χ1n) is 5.06. The summed E-state index contributed by atoms with van der Waals surface area (Å²) < 4.78 is 0. The van der Waals surface area contributed by atoms with Crippen molar-refractivity contribution < 1.29 is 9.59 Å². The van der Waals surface area contributed by atoms with Crippen molar-refractivity contribution >= 4 is 11.8 Å². The van der Waals surface area contributed by atoms with Crippen LogP contribution in [-0.2, 0) is 4.79 Å². The van der Waals surface area contributed by atoms with Gasteiger partial charge in [0.1, 0.15) is 0 Å². The number of H-pyrrole nitrogens is 1. The van der Waals surface area contributed by atoms with E-state index in [2.05, 4.69) is 20.8 Å². The number of rotatable bonds is 4. The van der Waals surface area contributed by atoms with Crippen LogP contribution in [0, 0.1) is 13.8 Å². The van der Waals surface area contributed by atoms with Gasteiger partial charge in [-0.05, 0) is 13.8 Å². The van der Waals surface area contributed by atoms with Crippen LogP contribution in [0.5, 0.6) is 0 Å². The fraction of sp³-hybridized carbons (Fsp3) is 0.500. The second-order valence-electron chi connectivity index (χ2n) is 3.49. The fourth-order valence-electron chi connectivity index (χ4n) is 1.39. The lowest BCUT2D eigenvalue weighted by Gasteiger charge is -2.04. The van der Waals surface area contributed by atoms with Crippen molar-refractivity contribution in [3.63, 3.8) is 0 Å². The van der Waals surface area contributed by atoms with Gasteiger partial charge < -0.3 is 10.6 Å². The molecule has 0 spiro atoms. The molecule has 0 aliphatic rings. The molecule has 2 amide bonds. The number of carbonyl (C=O) groups excluding carboxylic acids is 2. The molecule has 1 aromatic heterocycles. The van der Waals surface area contributed by atoms with Gasteiger partial charge >= 0.3 is 0 Å². The van der Waals surface area contributed by atoms with Crippen molar-refractivity contribution in [3.8, 4) is 0 Å². The number of aryl methyl sites for hydroxylation is 2. The summed E-state index contributed by atoms with van der Waals surface area (Å²) in [6.45, 7) is 3.87. The highest BCUT2D eigenvalue weighted by Gasteiger charge is 2.14. The lowest BCUT2D eigenvalue weighted by Crippen LogP contribution is -2.29. The van der Waals surface area contributed by atoms with E-state index < -0.39 is 0 Å². The van der Waals surface area contributed by atoms with Crippen LogP contribution < -0.4 is 10.6 Å². The van der Waals surface area contributed by atoms with Gasteiger partial charge in [0.05, 0.1) is 11.3 Å². The number of aromatic amines is 1. The fourth-order valence-corrected chi connectivity index (χ4v) is 1.39. The van der Waals surface area contributed by atoms with Crippen LogP contribution in [0.1, 0.15) is 28.2 Å². The van der Waals surface area contributed by atoms with Crippen molar-refractivity contribution in [1.82, 2.24) is 20.8 Å². The second-order valence-corrected chi connectivity index (χ2v) is 3.49. The summed E-state index contributed by atoms with van der Waals surface area (Å²) in [5.74, 6) is -0.298. The zero-order chi connectivity index (χ0) is 12.1. The van der Waals surface area contributed by atoms with E-state index in [0.29, 0.717) is 17.8 Å². The van der Waals surface area contributed by atoms with Gasteiger partial charge in [0.2, 0.25) is 5.91 Å². The molecule has 1 rings (SSSR count). The lowest BCUT2D eigenvalue weighted by atomic mass is 10.2. The topological polar surface area (TPSA) is 86.9 Å². The predicted molar refractivity (Wildman–Crippen MR) is 59.1 cm³/mol. The van der Waals surface area contributed by atoms with Gasteiger partial charge in [-0.1, -0.05) is 0 Å². The molecular formula is C10H16N4O2. The quantitative estimate of drug-likeness (QED) is 0.667. The molecule has 0 bridgehead atoms. The molecule has 1 heterocycles. The Kier molecular flexibility index (Phi) is 4.04. The number of hydrogen-bond donors (Lipinski definition) is 3. The summed E-state index contributed by atoms with van der Waals surface area (Å²) >= 11 is 0. The highest BCUT2D eigenvalue weighted by Crippen LogP contribution is 2.08. The number of aromatic nitrogens is 2. The molecule has 0 fully saturated rings. The van der Waals surface area contributed by atoms with Crippen LogP contribution in [0.25, 0.3) is 0 Å². The molecule has 6 heteroatoms. The van der Waals surface area contributed by atoms with E-state index in [-0.39, 0.29) is 18.2 Å².